The molecule has 112 valence electrons. The molecule has 0 saturated carbocycles. The molecule has 20 heavy (non-hydrogen) atoms. The molecule has 2 aliphatic rings. The normalized spacial score (nSPS) is 29.3. The molecule has 5 nitrogen and oxygen atoms in total. The van der Waals surface area contributed by atoms with E-state index < -0.39 is 0 Å². The Kier molecular flexibility index (Phi) is 4.38. The maximum Gasteiger partial charge on any atom is 0.0977 e. The van der Waals surface area contributed by atoms with Gasteiger partial charge in [-0.1, -0.05) is 6.92 Å². The topological polar surface area (TPSA) is 54.4 Å². The van der Waals surface area contributed by atoms with Crippen LogP contribution in [0.25, 0.3) is 0 Å². The monoisotopic (exact) mass is 277 g/mol. The quantitative estimate of drug-likeness (QED) is 0.272. The molecular formula is C15H27N5. The molecule has 2 rings (SSSR count). The maximum absolute atomic E-state index is 6.85. The minimum Gasteiger partial charge on any atom is -0.373 e. The van der Waals surface area contributed by atoms with E-state index in [1.54, 1.807) is 0 Å². The van der Waals surface area contributed by atoms with Crippen molar-refractivity contribution < 1.29 is 0 Å². The van der Waals surface area contributed by atoms with Crippen LogP contribution in [0.15, 0.2) is 23.5 Å². The SMILES string of the molecule is CCN(CC1(C)C(C)CN1C)C1=C(/C=C\NNC=N)C1. The van der Waals surface area contributed by atoms with Gasteiger partial charge in [0.25, 0.3) is 0 Å². The summed E-state index contributed by atoms with van der Waals surface area (Å²) >= 11 is 0. The van der Waals surface area contributed by atoms with Crippen LogP contribution >= 0.6 is 0 Å². The summed E-state index contributed by atoms with van der Waals surface area (Å²) in [6.07, 6.45) is 6.15. The zero-order valence-electron chi connectivity index (χ0n) is 13.0. The Bertz CT molecular complexity index is 418. The van der Waals surface area contributed by atoms with Crippen molar-refractivity contribution in [3.63, 3.8) is 0 Å². The van der Waals surface area contributed by atoms with E-state index in [4.69, 9.17) is 5.41 Å². The number of rotatable bonds is 8. The molecule has 1 fully saturated rings. The van der Waals surface area contributed by atoms with Gasteiger partial charge >= 0.3 is 0 Å². The van der Waals surface area contributed by atoms with Gasteiger partial charge in [-0.05, 0) is 38.5 Å². The van der Waals surface area contributed by atoms with Crippen LogP contribution in [-0.4, -0.2) is 48.4 Å². The van der Waals surface area contributed by atoms with Crippen LogP contribution in [0.4, 0.5) is 0 Å². The first kappa shape index (κ1) is 14.9. The molecule has 0 aromatic carbocycles. The van der Waals surface area contributed by atoms with E-state index in [-0.39, 0.29) is 0 Å². The van der Waals surface area contributed by atoms with Crippen molar-refractivity contribution in [2.75, 3.05) is 26.7 Å². The average Bonchev–Trinajstić information content (AvgIpc) is 3.20. The average molecular weight is 277 g/mol. The van der Waals surface area contributed by atoms with Gasteiger partial charge in [0, 0.05) is 43.5 Å². The molecule has 1 aliphatic heterocycles. The minimum absolute atomic E-state index is 0.306. The van der Waals surface area contributed by atoms with Crippen molar-refractivity contribution in [1.29, 1.82) is 5.41 Å². The summed E-state index contributed by atoms with van der Waals surface area (Å²) in [5.74, 6) is 0.762. The van der Waals surface area contributed by atoms with Crippen LogP contribution in [-0.2, 0) is 0 Å². The minimum atomic E-state index is 0.306. The summed E-state index contributed by atoms with van der Waals surface area (Å²) in [4.78, 5) is 4.98. The lowest BCUT2D eigenvalue weighted by Crippen LogP contribution is -2.66. The fraction of sp³-hybridized carbons (Fsp3) is 0.667. The molecule has 3 N–H and O–H groups in total. The van der Waals surface area contributed by atoms with Gasteiger partial charge in [0.2, 0.25) is 0 Å². The standard InChI is InChI=1S/C15H27N5/c1-5-20(10-15(3)12(2)9-19(15)4)14-8-13(14)6-7-17-18-11-16/h6-7,11-12,17H,5,8-10H2,1-4H3,(H2,16,18)/b7-6-. The third kappa shape index (κ3) is 2.82. The predicted molar refractivity (Wildman–Crippen MR) is 83.3 cm³/mol. The first-order chi connectivity index (χ1) is 9.52. The van der Waals surface area contributed by atoms with E-state index in [2.05, 4.69) is 54.5 Å². The second-order valence-corrected chi connectivity index (χ2v) is 6.07. The van der Waals surface area contributed by atoms with E-state index >= 15 is 0 Å². The Morgan fingerprint density at radius 2 is 2.25 bits per heavy atom. The Balaban J connectivity index is 1.92. The molecule has 0 radical (unpaired) electrons. The van der Waals surface area contributed by atoms with Crippen molar-refractivity contribution >= 4 is 6.34 Å². The van der Waals surface area contributed by atoms with E-state index in [1.165, 1.54) is 17.8 Å². The van der Waals surface area contributed by atoms with Gasteiger partial charge in [-0.3, -0.25) is 15.7 Å². The summed E-state index contributed by atoms with van der Waals surface area (Å²) in [5, 5.41) is 6.85. The Morgan fingerprint density at radius 3 is 2.80 bits per heavy atom. The summed E-state index contributed by atoms with van der Waals surface area (Å²) in [6, 6.07) is 0. The summed E-state index contributed by atoms with van der Waals surface area (Å²) in [7, 11) is 2.23. The van der Waals surface area contributed by atoms with E-state index in [0.717, 1.165) is 31.8 Å². The number of nitrogens with zero attached hydrogens (tertiary/aromatic N) is 2. The van der Waals surface area contributed by atoms with Crippen LogP contribution in [0.1, 0.15) is 27.2 Å². The maximum atomic E-state index is 6.85. The molecular weight excluding hydrogens is 250 g/mol. The molecule has 2 atom stereocenters. The number of nitrogens with one attached hydrogen (secondary N) is 3. The van der Waals surface area contributed by atoms with Crippen LogP contribution in [0.3, 0.4) is 0 Å². The van der Waals surface area contributed by atoms with Gasteiger partial charge in [-0.25, -0.2) is 0 Å². The summed E-state index contributed by atoms with van der Waals surface area (Å²) < 4.78 is 0. The lowest BCUT2D eigenvalue weighted by molar-refractivity contribution is -0.0539. The van der Waals surface area contributed by atoms with Gasteiger partial charge in [0.1, 0.15) is 0 Å². The van der Waals surface area contributed by atoms with E-state index in [9.17, 15) is 0 Å². The van der Waals surface area contributed by atoms with Crippen molar-refractivity contribution in [3.8, 4) is 0 Å². The van der Waals surface area contributed by atoms with E-state index in [0.29, 0.717) is 5.54 Å². The highest BCUT2D eigenvalue weighted by atomic mass is 15.3. The van der Waals surface area contributed by atoms with Crippen molar-refractivity contribution in [2.45, 2.75) is 32.7 Å². The first-order valence-corrected chi connectivity index (χ1v) is 7.37. The summed E-state index contributed by atoms with van der Waals surface area (Å²) in [5.41, 5.74) is 8.62. The second kappa shape index (κ2) is 5.87. The van der Waals surface area contributed by atoms with Crippen LogP contribution in [0, 0.1) is 11.3 Å². The zero-order valence-corrected chi connectivity index (χ0v) is 13.0. The first-order valence-electron chi connectivity index (χ1n) is 7.37. The third-order valence-electron chi connectivity index (χ3n) is 4.88. The molecule has 1 aliphatic carbocycles. The fourth-order valence-electron chi connectivity index (χ4n) is 2.98. The number of hydrogen-bond donors (Lipinski definition) is 3. The van der Waals surface area contributed by atoms with Crippen LogP contribution < -0.4 is 10.9 Å². The third-order valence-corrected chi connectivity index (χ3v) is 4.88. The number of allylic oxidation sites excluding steroid dienone is 3. The molecule has 0 aromatic heterocycles. The number of hydrogen-bond acceptors (Lipinski definition) is 4. The molecule has 0 aromatic rings. The highest BCUT2D eigenvalue weighted by Crippen LogP contribution is 2.40. The van der Waals surface area contributed by atoms with Gasteiger partial charge in [0.15, 0.2) is 0 Å². The summed E-state index contributed by atoms with van der Waals surface area (Å²) in [6.45, 7) is 10.3. The van der Waals surface area contributed by atoms with Gasteiger partial charge in [0.05, 0.1) is 6.34 Å². The predicted octanol–water partition coefficient (Wildman–Crippen LogP) is 1.52. The number of likely N-dealkylation sites (N-methyl/N-ethyl adjacent to an activating group) is 2. The molecule has 2 unspecified atom stereocenters. The van der Waals surface area contributed by atoms with Crippen molar-refractivity contribution in [3.05, 3.63) is 23.5 Å². The van der Waals surface area contributed by atoms with Crippen molar-refractivity contribution in [1.82, 2.24) is 20.7 Å². The van der Waals surface area contributed by atoms with Crippen LogP contribution in [0.5, 0.6) is 0 Å². The molecule has 0 amide bonds. The molecule has 0 bridgehead atoms. The van der Waals surface area contributed by atoms with Gasteiger partial charge in [-0.15, -0.1) is 0 Å². The molecule has 0 spiro atoms. The highest BCUT2D eigenvalue weighted by Gasteiger charge is 2.46. The lowest BCUT2D eigenvalue weighted by Gasteiger charge is -2.56. The number of likely N-dealkylation sites (tertiary alicyclic amines) is 1. The van der Waals surface area contributed by atoms with Gasteiger partial charge in [-0.2, -0.15) is 0 Å². The van der Waals surface area contributed by atoms with Crippen molar-refractivity contribution in [2.24, 2.45) is 5.92 Å². The highest BCUT2D eigenvalue weighted by molar-refractivity contribution is 5.49. The van der Waals surface area contributed by atoms with Gasteiger partial charge < -0.3 is 10.3 Å². The Hall–Kier alpha value is -1.49. The Morgan fingerprint density at radius 1 is 1.50 bits per heavy atom. The van der Waals surface area contributed by atoms with Crippen LogP contribution in [0.2, 0.25) is 0 Å². The lowest BCUT2D eigenvalue weighted by atomic mass is 9.76. The van der Waals surface area contributed by atoms with E-state index in [1.807, 2.05) is 6.20 Å². The number of hydrazine groups is 1. The second-order valence-electron chi connectivity index (χ2n) is 6.07. The molecule has 5 heteroatoms. The smallest absolute Gasteiger partial charge is 0.0977 e. The fourth-order valence-corrected chi connectivity index (χ4v) is 2.98. The Labute approximate surface area is 122 Å². The molecule has 1 saturated heterocycles. The molecule has 1 heterocycles. The largest absolute Gasteiger partial charge is 0.373 e. The zero-order chi connectivity index (χ0) is 14.8.